The van der Waals surface area contributed by atoms with Gasteiger partial charge in [-0.2, -0.15) is 0 Å². The second kappa shape index (κ2) is 6.62. The van der Waals surface area contributed by atoms with Crippen LogP contribution in [0, 0.1) is 0 Å². The van der Waals surface area contributed by atoms with Gasteiger partial charge in [-0.05, 0) is 6.42 Å². The number of amidine groups is 1. The van der Waals surface area contributed by atoms with Crippen molar-refractivity contribution in [3.63, 3.8) is 0 Å². The molecule has 0 rings (SSSR count). The van der Waals surface area contributed by atoms with Crippen molar-refractivity contribution in [3.8, 4) is 0 Å². The van der Waals surface area contributed by atoms with Crippen molar-refractivity contribution in [2.75, 3.05) is 19.3 Å². The van der Waals surface area contributed by atoms with Gasteiger partial charge in [-0.25, -0.2) is 12.7 Å². The highest BCUT2D eigenvalue weighted by Gasteiger charge is 2.16. The van der Waals surface area contributed by atoms with Crippen LogP contribution in [-0.2, 0) is 10.0 Å². The summed E-state index contributed by atoms with van der Waals surface area (Å²) in [7, 11) is -1.69. The molecular formula is C8H19N3O3S. The zero-order valence-corrected chi connectivity index (χ0v) is 10.00. The van der Waals surface area contributed by atoms with E-state index in [9.17, 15) is 8.42 Å². The molecule has 3 N–H and O–H groups in total. The Morgan fingerprint density at radius 1 is 1.53 bits per heavy atom. The van der Waals surface area contributed by atoms with Gasteiger partial charge in [0.2, 0.25) is 10.0 Å². The molecule has 15 heavy (non-hydrogen) atoms. The van der Waals surface area contributed by atoms with Gasteiger partial charge >= 0.3 is 0 Å². The van der Waals surface area contributed by atoms with Crippen molar-refractivity contribution >= 4 is 15.9 Å². The highest BCUT2D eigenvalue weighted by atomic mass is 32.2. The van der Waals surface area contributed by atoms with E-state index in [1.54, 1.807) is 0 Å². The molecule has 0 spiro atoms. The van der Waals surface area contributed by atoms with Crippen LogP contribution in [0.15, 0.2) is 5.16 Å². The molecule has 0 bridgehead atoms. The molecule has 0 amide bonds. The third-order valence-corrected chi connectivity index (χ3v) is 3.98. The molecule has 0 aliphatic carbocycles. The summed E-state index contributed by atoms with van der Waals surface area (Å²) in [4.78, 5) is 0. The van der Waals surface area contributed by atoms with Crippen LogP contribution in [0.1, 0.15) is 26.2 Å². The summed E-state index contributed by atoms with van der Waals surface area (Å²) in [6.07, 6.45) is 1.72. The zero-order chi connectivity index (χ0) is 11.9. The minimum absolute atomic E-state index is 0.0348. The first-order chi connectivity index (χ1) is 6.94. The van der Waals surface area contributed by atoms with Crippen LogP contribution >= 0.6 is 0 Å². The third kappa shape index (κ3) is 5.58. The van der Waals surface area contributed by atoms with Crippen LogP contribution in [0.5, 0.6) is 0 Å². The molecule has 0 atom stereocenters. The van der Waals surface area contributed by atoms with Gasteiger partial charge in [-0.15, -0.1) is 0 Å². The Bertz CT molecular complexity index is 300. The number of rotatable bonds is 7. The smallest absolute Gasteiger partial charge is 0.213 e. The van der Waals surface area contributed by atoms with Gasteiger partial charge in [0, 0.05) is 20.0 Å². The van der Waals surface area contributed by atoms with E-state index in [1.165, 1.54) is 11.4 Å². The molecule has 0 saturated carbocycles. The Kier molecular flexibility index (Phi) is 6.26. The van der Waals surface area contributed by atoms with E-state index >= 15 is 0 Å². The first-order valence-electron chi connectivity index (χ1n) is 4.84. The van der Waals surface area contributed by atoms with E-state index < -0.39 is 10.0 Å². The molecule has 0 aliphatic rings. The Morgan fingerprint density at radius 3 is 2.60 bits per heavy atom. The van der Waals surface area contributed by atoms with Crippen molar-refractivity contribution in [3.05, 3.63) is 0 Å². The van der Waals surface area contributed by atoms with Crippen LogP contribution in [0.25, 0.3) is 0 Å². The summed E-state index contributed by atoms with van der Waals surface area (Å²) in [6, 6.07) is 0. The highest BCUT2D eigenvalue weighted by Crippen LogP contribution is 2.03. The van der Waals surface area contributed by atoms with E-state index in [-0.39, 0.29) is 24.6 Å². The predicted octanol–water partition coefficient (Wildman–Crippen LogP) is 0.185. The Labute approximate surface area is 90.8 Å². The Hall–Kier alpha value is -0.820. The van der Waals surface area contributed by atoms with E-state index in [0.29, 0.717) is 6.42 Å². The SMILES string of the molecule is CCCCS(=O)(=O)N(C)CC/C(N)=N/O. The lowest BCUT2D eigenvalue weighted by atomic mass is 10.4. The topological polar surface area (TPSA) is 96.0 Å². The molecule has 0 unspecified atom stereocenters. The van der Waals surface area contributed by atoms with Gasteiger partial charge in [-0.3, -0.25) is 0 Å². The van der Waals surface area contributed by atoms with Crippen molar-refractivity contribution in [1.29, 1.82) is 0 Å². The summed E-state index contributed by atoms with van der Waals surface area (Å²) in [5, 5.41) is 11.1. The van der Waals surface area contributed by atoms with E-state index in [0.717, 1.165) is 6.42 Å². The van der Waals surface area contributed by atoms with E-state index in [1.807, 2.05) is 6.92 Å². The fourth-order valence-corrected chi connectivity index (χ4v) is 2.28. The van der Waals surface area contributed by atoms with Crippen LogP contribution in [-0.4, -0.2) is 43.1 Å². The summed E-state index contributed by atoms with van der Waals surface area (Å²) in [5.41, 5.74) is 5.24. The average molecular weight is 237 g/mol. The maximum atomic E-state index is 11.6. The number of unbranched alkanes of at least 4 members (excludes halogenated alkanes) is 1. The monoisotopic (exact) mass is 237 g/mol. The molecule has 0 aromatic carbocycles. The minimum atomic E-state index is -3.19. The fraction of sp³-hybridized carbons (Fsp3) is 0.875. The van der Waals surface area contributed by atoms with Gasteiger partial charge in [0.15, 0.2) is 0 Å². The number of nitrogens with zero attached hydrogens (tertiary/aromatic N) is 2. The standard InChI is InChI=1S/C8H19N3O3S/c1-3-4-7-15(13,14)11(2)6-5-8(9)10-12/h12H,3-7H2,1-2H3,(H2,9,10). The summed E-state index contributed by atoms with van der Waals surface area (Å²) >= 11 is 0. The van der Waals surface area contributed by atoms with Gasteiger partial charge in [-0.1, -0.05) is 18.5 Å². The molecule has 0 aliphatic heterocycles. The van der Waals surface area contributed by atoms with Crippen LogP contribution in [0.4, 0.5) is 0 Å². The molecule has 0 aromatic heterocycles. The van der Waals surface area contributed by atoms with Crippen LogP contribution < -0.4 is 5.73 Å². The average Bonchev–Trinajstić information content (AvgIpc) is 2.22. The van der Waals surface area contributed by atoms with Gasteiger partial charge < -0.3 is 10.9 Å². The fourth-order valence-electron chi connectivity index (χ4n) is 0.944. The summed E-state index contributed by atoms with van der Waals surface area (Å²) in [6.45, 7) is 2.17. The summed E-state index contributed by atoms with van der Waals surface area (Å²) < 4.78 is 24.4. The van der Waals surface area contributed by atoms with E-state index in [2.05, 4.69) is 5.16 Å². The quantitative estimate of drug-likeness (QED) is 0.286. The Balaban J connectivity index is 4.14. The van der Waals surface area contributed by atoms with Gasteiger partial charge in [0.05, 0.1) is 5.75 Å². The molecule has 7 heteroatoms. The van der Waals surface area contributed by atoms with Gasteiger partial charge in [0.1, 0.15) is 5.84 Å². The second-order valence-corrected chi connectivity index (χ2v) is 5.53. The minimum Gasteiger partial charge on any atom is -0.409 e. The third-order valence-electron chi connectivity index (χ3n) is 2.04. The summed E-state index contributed by atoms with van der Waals surface area (Å²) in [5.74, 6) is 0.184. The van der Waals surface area contributed by atoms with Crippen molar-refractivity contribution < 1.29 is 13.6 Å². The van der Waals surface area contributed by atoms with Crippen molar-refractivity contribution in [2.45, 2.75) is 26.2 Å². The largest absolute Gasteiger partial charge is 0.409 e. The molecule has 0 aromatic rings. The second-order valence-electron chi connectivity index (χ2n) is 3.33. The number of sulfonamides is 1. The molecule has 0 fully saturated rings. The lowest BCUT2D eigenvalue weighted by Gasteiger charge is -2.16. The number of hydrogen-bond acceptors (Lipinski definition) is 4. The lowest BCUT2D eigenvalue weighted by Crippen LogP contribution is -2.32. The lowest BCUT2D eigenvalue weighted by molar-refractivity contribution is 0.316. The molecule has 90 valence electrons. The number of oxime groups is 1. The highest BCUT2D eigenvalue weighted by molar-refractivity contribution is 7.89. The van der Waals surface area contributed by atoms with Crippen molar-refractivity contribution in [1.82, 2.24) is 4.31 Å². The predicted molar refractivity (Wildman–Crippen MR) is 59.4 cm³/mol. The van der Waals surface area contributed by atoms with Crippen LogP contribution in [0.2, 0.25) is 0 Å². The van der Waals surface area contributed by atoms with E-state index in [4.69, 9.17) is 10.9 Å². The number of nitrogens with two attached hydrogens (primary N) is 1. The first kappa shape index (κ1) is 14.2. The zero-order valence-electron chi connectivity index (χ0n) is 9.18. The van der Waals surface area contributed by atoms with Crippen molar-refractivity contribution in [2.24, 2.45) is 10.9 Å². The number of hydrogen-bond donors (Lipinski definition) is 2. The normalized spacial score (nSPS) is 13.4. The maximum absolute atomic E-state index is 11.6. The van der Waals surface area contributed by atoms with Crippen LogP contribution in [0.3, 0.4) is 0 Å². The maximum Gasteiger partial charge on any atom is 0.213 e. The molecular weight excluding hydrogens is 218 g/mol. The molecule has 0 radical (unpaired) electrons. The molecule has 0 heterocycles. The first-order valence-corrected chi connectivity index (χ1v) is 6.45. The Morgan fingerprint density at radius 2 is 2.13 bits per heavy atom. The van der Waals surface area contributed by atoms with Gasteiger partial charge in [0.25, 0.3) is 0 Å². The molecule has 0 saturated heterocycles. The molecule has 6 nitrogen and oxygen atoms in total.